The maximum Gasteiger partial charge on any atom is 0.247 e. The number of hydrogen-bond donors (Lipinski definition) is 5. The van der Waals surface area contributed by atoms with Crippen LogP contribution in [0.1, 0.15) is 63.0 Å². The molecule has 0 radical (unpaired) electrons. The van der Waals surface area contributed by atoms with Crippen molar-refractivity contribution in [1.82, 2.24) is 26.3 Å². The second-order valence-corrected chi connectivity index (χ2v) is 10.3. The highest BCUT2D eigenvalue weighted by molar-refractivity contribution is 6.00. The van der Waals surface area contributed by atoms with E-state index < -0.39 is 41.4 Å². The predicted molar refractivity (Wildman–Crippen MR) is 132 cm³/mol. The lowest BCUT2D eigenvalue weighted by Gasteiger charge is -2.35. The lowest BCUT2D eigenvalue weighted by molar-refractivity contribution is -0.144. The summed E-state index contributed by atoms with van der Waals surface area (Å²) in [7, 11) is 0. The second kappa shape index (κ2) is 11.3. The van der Waals surface area contributed by atoms with Crippen LogP contribution in [0.25, 0.3) is 0 Å². The van der Waals surface area contributed by atoms with E-state index in [1.165, 1.54) is 4.90 Å². The van der Waals surface area contributed by atoms with E-state index in [2.05, 4.69) is 16.0 Å². The van der Waals surface area contributed by atoms with Gasteiger partial charge in [0.1, 0.15) is 23.7 Å². The molecule has 1 aromatic carbocycles. The number of nitrogens with zero attached hydrogens (tertiary/aromatic N) is 1. The number of hydrogen-bond acceptors (Lipinski definition) is 6. The number of unbranched alkanes of at least 4 members (excludes halogenated alkanes) is 2. The topological polar surface area (TPSA) is 157 Å². The summed E-state index contributed by atoms with van der Waals surface area (Å²) in [5.41, 5.74) is 2.22. The number of fused-ring (bicyclic) bond motifs is 2. The van der Waals surface area contributed by atoms with Crippen molar-refractivity contribution in [3.8, 4) is 0 Å². The molecule has 3 aliphatic rings. The molecule has 1 spiro atoms. The van der Waals surface area contributed by atoms with Gasteiger partial charge in [-0.15, -0.1) is 0 Å². The Balaban J connectivity index is 1.58. The maximum absolute atomic E-state index is 13.6. The summed E-state index contributed by atoms with van der Waals surface area (Å²) < 4.78 is 0. The molecule has 37 heavy (non-hydrogen) atoms. The summed E-state index contributed by atoms with van der Waals surface area (Å²) in [6.45, 7) is 2.02. The van der Waals surface area contributed by atoms with Crippen molar-refractivity contribution in [1.29, 1.82) is 0 Å². The number of benzene rings is 1. The van der Waals surface area contributed by atoms with Crippen LogP contribution >= 0.6 is 0 Å². The highest BCUT2D eigenvalue weighted by Crippen LogP contribution is 2.31. The molecule has 3 atom stereocenters. The van der Waals surface area contributed by atoms with Crippen LogP contribution in [0.5, 0.6) is 0 Å². The Morgan fingerprint density at radius 3 is 2.43 bits per heavy atom. The lowest BCUT2D eigenvalue weighted by atomic mass is 9.92. The van der Waals surface area contributed by atoms with Gasteiger partial charge in [0.2, 0.25) is 29.5 Å². The summed E-state index contributed by atoms with van der Waals surface area (Å²) in [6, 6.07) is 5.17. The molecule has 5 N–H and O–H groups in total. The molecule has 11 heteroatoms. The van der Waals surface area contributed by atoms with E-state index in [1.54, 1.807) is 12.4 Å². The molecule has 0 aromatic heterocycles. The van der Waals surface area contributed by atoms with Gasteiger partial charge in [0.25, 0.3) is 0 Å². The van der Waals surface area contributed by atoms with Gasteiger partial charge in [0.05, 0.1) is 0 Å². The van der Waals surface area contributed by atoms with Crippen LogP contribution in [0.2, 0.25) is 0 Å². The minimum atomic E-state index is -1.28. The van der Waals surface area contributed by atoms with Crippen LogP contribution in [-0.4, -0.2) is 69.9 Å². The zero-order valence-corrected chi connectivity index (χ0v) is 21.0. The molecule has 0 bridgehead atoms. The number of amides is 5. The van der Waals surface area contributed by atoms with Crippen molar-refractivity contribution in [2.75, 3.05) is 6.54 Å². The van der Waals surface area contributed by atoms with E-state index in [0.29, 0.717) is 45.1 Å². The third-order valence-electron chi connectivity index (χ3n) is 7.61. The summed E-state index contributed by atoms with van der Waals surface area (Å²) in [4.78, 5) is 66.5. The molecular weight excluding hydrogens is 478 g/mol. The molecule has 1 aliphatic carbocycles. The predicted octanol–water partition coefficient (Wildman–Crippen LogP) is 0.0902. The van der Waals surface area contributed by atoms with E-state index >= 15 is 0 Å². The van der Waals surface area contributed by atoms with Gasteiger partial charge in [0, 0.05) is 25.8 Å². The van der Waals surface area contributed by atoms with E-state index in [4.69, 9.17) is 5.21 Å². The van der Waals surface area contributed by atoms with Gasteiger partial charge in [-0.25, -0.2) is 5.48 Å². The molecular formula is C26H35N5O6. The highest BCUT2D eigenvalue weighted by Gasteiger charge is 2.48. The van der Waals surface area contributed by atoms with Crippen molar-refractivity contribution in [3.05, 3.63) is 35.4 Å². The average Bonchev–Trinajstić information content (AvgIpc) is 3.52. The zero-order chi connectivity index (χ0) is 26.6. The van der Waals surface area contributed by atoms with Crippen molar-refractivity contribution in [2.24, 2.45) is 0 Å². The number of carbonyl (C=O) groups excluding carboxylic acids is 5. The Bertz CT molecular complexity index is 1050. The van der Waals surface area contributed by atoms with Gasteiger partial charge in [-0.05, 0) is 43.7 Å². The summed E-state index contributed by atoms with van der Waals surface area (Å²) in [6.07, 6.45) is 3.83. The SMILES string of the molecule is C[C@@H]1NC(=O)C2(Cc3ccccc3C2)NC(=O)[C@H](CCCCCC(=O)NO)NC(=O)[C@H]2CCCN2C1=O. The molecule has 4 rings (SSSR count). The summed E-state index contributed by atoms with van der Waals surface area (Å²) in [5, 5.41) is 17.3. The minimum absolute atomic E-state index is 0.151. The highest BCUT2D eigenvalue weighted by atomic mass is 16.5. The third-order valence-corrected chi connectivity index (χ3v) is 7.61. The summed E-state index contributed by atoms with van der Waals surface area (Å²) >= 11 is 0. The Labute approximate surface area is 215 Å². The second-order valence-electron chi connectivity index (χ2n) is 10.3. The van der Waals surface area contributed by atoms with Crippen molar-refractivity contribution >= 4 is 29.5 Å². The first-order valence-electron chi connectivity index (χ1n) is 13.0. The van der Waals surface area contributed by atoms with Crippen LogP contribution in [-0.2, 0) is 36.8 Å². The monoisotopic (exact) mass is 513 g/mol. The number of rotatable bonds is 6. The first kappa shape index (κ1) is 26.6. The van der Waals surface area contributed by atoms with Crippen molar-refractivity contribution in [2.45, 2.75) is 88.4 Å². The molecule has 0 saturated carbocycles. The smallest absolute Gasteiger partial charge is 0.247 e. The molecule has 2 aliphatic heterocycles. The molecule has 1 aromatic rings. The molecule has 2 heterocycles. The Kier molecular flexibility index (Phi) is 8.11. The van der Waals surface area contributed by atoms with Crippen LogP contribution < -0.4 is 21.4 Å². The minimum Gasteiger partial charge on any atom is -0.343 e. The quantitative estimate of drug-likeness (QED) is 0.206. The molecule has 2 saturated heterocycles. The van der Waals surface area contributed by atoms with Crippen LogP contribution in [0.15, 0.2) is 24.3 Å². The normalized spacial score (nSPS) is 25.4. The van der Waals surface area contributed by atoms with Gasteiger partial charge in [-0.2, -0.15) is 0 Å². The average molecular weight is 514 g/mol. The number of hydroxylamine groups is 1. The fourth-order valence-corrected chi connectivity index (χ4v) is 5.60. The van der Waals surface area contributed by atoms with E-state index in [9.17, 15) is 24.0 Å². The number of nitrogens with one attached hydrogen (secondary N) is 4. The first-order valence-corrected chi connectivity index (χ1v) is 13.0. The van der Waals surface area contributed by atoms with Crippen LogP contribution in [0, 0.1) is 0 Å². The van der Waals surface area contributed by atoms with Gasteiger partial charge in [0.15, 0.2) is 0 Å². The Morgan fingerprint density at radius 1 is 1.05 bits per heavy atom. The van der Waals surface area contributed by atoms with Gasteiger partial charge in [-0.1, -0.05) is 37.1 Å². The Morgan fingerprint density at radius 2 is 1.76 bits per heavy atom. The summed E-state index contributed by atoms with van der Waals surface area (Å²) in [5.74, 6) is -2.05. The number of carbonyl (C=O) groups is 5. The van der Waals surface area contributed by atoms with Crippen LogP contribution in [0.3, 0.4) is 0 Å². The molecule has 5 amide bonds. The third kappa shape index (κ3) is 5.76. The van der Waals surface area contributed by atoms with E-state index in [1.807, 2.05) is 24.3 Å². The molecule has 200 valence electrons. The zero-order valence-electron chi connectivity index (χ0n) is 21.0. The van der Waals surface area contributed by atoms with Crippen molar-refractivity contribution in [3.63, 3.8) is 0 Å². The maximum atomic E-state index is 13.6. The van der Waals surface area contributed by atoms with E-state index in [0.717, 1.165) is 11.1 Å². The van der Waals surface area contributed by atoms with Crippen LogP contribution in [0.4, 0.5) is 0 Å². The Hall–Kier alpha value is -3.47. The standard InChI is InChI=1S/C26H35N5O6/c1-16-24(35)31-13-7-11-20(31)23(34)28-19(10-3-2-4-12-21(32)30-37)22(33)29-26(25(36)27-16)14-17-8-5-6-9-18(17)15-26/h5-6,8-9,16,19-20,37H,2-4,7,10-15H2,1H3,(H,27,36)(H,28,34)(H,29,33)(H,30,32)/t16-,19-,20+/m0/s1. The molecule has 11 nitrogen and oxygen atoms in total. The first-order chi connectivity index (χ1) is 17.7. The van der Waals surface area contributed by atoms with E-state index in [-0.39, 0.29) is 31.1 Å². The lowest BCUT2D eigenvalue weighted by Crippen LogP contribution is -2.66. The molecule has 2 fully saturated rings. The van der Waals surface area contributed by atoms with Gasteiger partial charge < -0.3 is 20.9 Å². The van der Waals surface area contributed by atoms with Gasteiger partial charge >= 0.3 is 0 Å². The molecule has 0 unspecified atom stereocenters. The van der Waals surface area contributed by atoms with Gasteiger partial charge in [-0.3, -0.25) is 29.2 Å². The largest absolute Gasteiger partial charge is 0.343 e. The van der Waals surface area contributed by atoms with Crippen molar-refractivity contribution < 1.29 is 29.2 Å². The fraction of sp³-hybridized carbons (Fsp3) is 0.577. The fourth-order valence-electron chi connectivity index (χ4n) is 5.60.